The second kappa shape index (κ2) is 8.68. The van der Waals surface area contributed by atoms with Gasteiger partial charge in [-0.15, -0.1) is 11.3 Å². The van der Waals surface area contributed by atoms with Crippen LogP contribution in [0, 0.1) is 11.3 Å². The van der Waals surface area contributed by atoms with Gasteiger partial charge in [-0.2, -0.15) is 0 Å². The maximum absolute atomic E-state index is 12.9. The Labute approximate surface area is 190 Å². The summed E-state index contributed by atoms with van der Waals surface area (Å²) in [6.07, 6.45) is -0.409. The van der Waals surface area contributed by atoms with Crippen LogP contribution in [0.5, 0.6) is 0 Å². The fourth-order valence-electron chi connectivity index (χ4n) is 3.66. The molecule has 2 N–H and O–H groups in total. The summed E-state index contributed by atoms with van der Waals surface area (Å²) in [6.45, 7) is 6.10. The predicted octanol–water partition coefficient (Wildman–Crippen LogP) is 2.06. The normalized spacial score (nSPS) is 21.4. The Morgan fingerprint density at radius 2 is 2.06 bits per heavy atom. The summed E-state index contributed by atoms with van der Waals surface area (Å²) in [6, 6.07) is 1.54. The summed E-state index contributed by atoms with van der Waals surface area (Å²) in [4.78, 5) is 40.2. The van der Waals surface area contributed by atoms with Crippen LogP contribution in [0.2, 0.25) is 0 Å². The first-order chi connectivity index (χ1) is 14.5. The second-order valence-electron chi connectivity index (χ2n) is 8.58. The number of thiocarbonyl (C=S) groups is 1. The second-order valence-corrected chi connectivity index (χ2v) is 9.90. The molecule has 2 aliphatic heterocycles. The van der Waals surface area contributed by atoms with E-state index in [1.54, 1.807) is 34.7 Å². The third-order valence-corrected chi connectivity index (χ3v) is 6.73. The van der Waals surface area contributed by atoms with E-state index in [0.717, 1.165) is 10.4 Å². The first-order valence-corrected chi connectivity index (χ1v) is 11.2. The van der Waals surface area contributed by atoms with Crippen LogP contribution in [0.4, 0.5) is 0 Å². The first-order valence-electron chi connectivity index (χ1n) is 9.87. The van der Waals surface area contributed by atoms with Crippen molar-refractivity contribution < 1.29 is 29.0 Å². The molecule has 0 aliphatic carbocycles. The average molecular weight is 467 g/mol. The maximum atomic E-state index is 12.9. The van der Waals surface area contributed by atoms with Crippen molar-refractivity contribution in [3.05, 3.63) is 27.6 Å². The monoisotopic (exact) mass is 466 g/mol. The van der Waals surface area contributed by atoms with Crippen LogP contribution >= 0.6 is 23.6 Å². The number of β-lactam (4-membered cyclic amide) rings is 1. The van der Waals surface area contributed by atoms with E-state index in [9.17, 15) is 19.5 Å². The minimum absolute atomic E-state index is 0.127. The Morgan fingerprint density at radius 3 is 2.65 bits per heavy atom. The van der Waals surface area contributed by atoms with Crippen molar-refractivity contribution in [2.24, 2.45) is 11.3 Å². The third-order valence-electron chi connectivity index (χ3n) is 5.30. The van der Waals surface area contributed by atoms with Gasteiger partial charge in [-0.25, -0.2) is 4.79 Å². The molecule has 0 saturated carbocycles. The van der Waals surface area contributed by atoms with Crippen LogP contribution in [-0.2, 0) is 23.9 Å². The maximum Gasteiger partial charge on any atom is 0.358 e. The number of nitrogens with one attached hydrogen (secondary N) is 1. The lowest BCUT2D eigenvalue weighted by atomic mass is 9.83. The van der Waals surface area contributed by atoms with Gasteiger partial charge in [0.05, 0.1) is 23.5 Å². The Morgan fingerprint density at radius 1 is 1.39 bits per heavy atom. The van der Waals surface area contributed by atoms with Gasteiger partial charge in [-0.05, 0) is 40.2 Å². The summed E-state index contributed by atoms with van der Waals surface area (Å²) in [5.41, 5.74) is 0.863. The standard InChI is InChI=1S/C21H26N2O6S2/c1-10(24)15-13-7-12(14-6-11(8-31-14)17(30)22-5)16(23(13)18(15)25)19(26)28-9-29-20(27)21(2,3)4/h6,8,10,13,15,24H,7,9H2,1-5H3,(H,22,30). The quantitative estimate of drug-likeness (QED) is 0.284. The molecule has 3 unspecified atom stereocenters. The van der Waals surface area contributed by atoms with Crippen molar-refractivity contribution in [2.45, 2.75) is 46.3 Å². The van der Waals surface area contributed by atoms with Crippen LogP contribution in [0.3, 0.4) is 0 Å². The zero-order chi connectivity index (χ0) is 23.1. The molecule has 1 amide bonds. The Kier molecular flexibility index (Phi) is 6.54. The number of aliphatic hydroxyl groups excluding tert-OH is 1. The molecule has 3 heterocycles. The number of carbonyl (C=O) groups is 3. The molecule has 0 spiro atoms. The summed E-state index contributed by atoms with van der Waals surface area (Å²) in [5.74, 6) is -2.15. The lowest BCUT2D eigenvalue weighted by Gasteiger charge is -2.44. The molecule has 1 aromatic rings. The predicted molar refractivity (Wildman–Crippen MR) is 119 cm³/mol. The fraction of sp³-hybridized carbons (Fsp3) is 0.524. The lowest BCUT2D eigenvalue weighted by Crippen LogP contribution is -2.61. The highest BCUT2D eigenvalue weighted by Crippen LogP contribution is 2.48. The Bertz CT molecular complexity index is 959. The van der Waals surface area contributed by atoms with Gasteiger partial charge >= 0.3 is 11.9 Å². The number of nitrogens with zero attached hydrogens (tertiary/aromatic N) is 1. The van der Waals surface area contributed by atoms with Crippen LogP contribution < -0.4 is 5.32 Å². The first kappa shape index (κ1) is 23.4. The molecule has 3 atom stereocenters. The number of amides is 1. The van der Waals surface area contributed by atoms with E-state index >= 15 is 0 Å². The van der Waals surface area contributed by atoms with E-state index in [0.29, 0.717) is 17.0 Å². The topological polar surface area (TPSA) is 105 Å². The molecular formula is C21H26N2O6S2. The highest BCUT2D eigenvalue weighted by atomic mass is 32.1. The molecule has 0 radical (unpaired) electrons. The molecular weight excluding hydrogens is 440 g/mol. The average Bonchev–Trinajstić information content (AvgIpc) is 3.28. The van der Waals surface area contributed by atoms with Gasteiger partial charge in [0.15, 0.2) is 0 Å². The van der Waals surface area contributed by atoms with Crippen molar-refractivity contribution in [2.75, 3.05) is 13.8 Å². The fourth-order valence-corrected chi connectivity index (χ4v) is 4.81. The van der Waals surface area contributed by atoms with Crippen LogP contribution in [-0.4, -0.2) is 58.8 Å². The minimum Gasteiger partial charge on any atom is -0.427 e. The minimum atomic E-state index is -0.825. The number of hydrogen-bond donors (Lipinski definition) is 2. The van der Waals surface area contributed by atoms with Crippen LogP contribution in [0.25, 0.3) is 5.57 Å². The zero-order valence-corrected chi connectivity index (χ0v) is 19.7. The van der Waals surface area contributed by atoms with Gasteiger partial charge in [-0.1, -0.05) is 12.2 Å². The largest absolute Gasteiger partial charge is 0.427 e. The van der Waals surface area contributed by atoms with E-state index in [2.05, 4.69) is 5.32 Å². The number of esters is 2. The van der Waals surface area contributed by atoms with Crippen molar-refractivity contribution in [1.82, 2.24) is 10.2 Å². The lowest BCUT2D eigenvalue weighted by molar-refractivity contribution is -0.175. The smallest absolute Gasteiger partial charge is 0.358 e. The van der Waals surface area contributed by atoms with Gasteiger partial charge in [-0.3, -0.25) is 9.59 Å². The summed E-state index contributed by atoms with van der Waals surface area (Å²) < 4.78 is 10.2. The zero-order valence-electron chi connectivity index (χ0n) is 18.1. The van der Waals surface area contributed by atoms with E-state index in [-0.39, 0.29) is 17.6 Å². The molecule has 3 rings (SSSR count). The number of aliphatic hydroxyl groups is 1. The molecule has 31 heavy (non-hydrogen) atoms. The third kappa shape index (κ3) is 4.37. The highest BCUT2D eigenvalue weighted by molar-refractivity contribution is 7.80. The van der Waals surface area contributed by atoms with Crippen molar-refractivity contribution >= 4 is 52.0 Å². The van der Waals surface area contributed by atoms with Crippen LogP contribution in [0.1, 0.15) is 44.6 Å². The van der Waals surface area contributed by atoms with Crippen LogP contribution in [0.15, 0.2) is 17.1 Å². The number of ether oxygens (including phenoxy) is 2. The van der Waals surface area contributed by atoms with Gasteiger partial charge in [0, 0.05) is 28.4 Å². The van der Waals surface area contributed by atoms with Crippen molar-refractivity contribution in [1.29, 1.82) is 0 Å². The van der Waals surface area contributed by atoms with Gasteiger partial charge in [0.25, 0.3) is 0 Å². The molecule has 10 heteroatoms. The van der Waals surface area contributed by atoms with Gasteiger partial charge < -0.3 is 24.8 Å². The summed E-state index contributed by atoms with van der Waals surface area (Å²) in [5, 5.41) is 14.8. The molecule has 0 aromatic carbocycles. The van der Waals surface area contributed by atoms with E-state index in [1.165, 1.54) is 16.2 Å². The van der Waals surface area contributed by atoms with Gasteiger partial charge in [0.2, 0.25) is 12.7 Å². The molecule has 0 bridgehead atoms. The molecule has 1 fully saturated rings. The number of thiophene rings is 1. The SMILES string of the molecule is CNC(=S)c1csc(C2=C(C(=O)OCOC(=O)C(C)(C)C)N3C(=O)C(C(C)O)C3C2)c1. The molecule has 8 nitrogen and oxygen atoms in total. The summed E-state index contributed by atoms with van der Waals surface area (Å²) >= 11 is 6.68. The number of rotatable bonds is 6. The molecule has 168 valence electrons. The van der Waals surface area contributed by atoms with Crippen molar-refractivity contribution in [3.8, 4) is 0 Å². The van der Waals surface area contributed by atoms with E-state index in [4.69, 9.17) is 21.7 Å². The molecule has 2 aliphatic rings. The Hall–Kier alpha value is -2.30. The Balaban J connectivity index is 1.86. The van der Waals surface area contributed by atoms with E-state index < -0.39 is 36.2 Å². The highest BCUT2D eigenvalue weighted by Gasteiger charge is 2.57. The van der Waals surface area contributed by atoms with E-state index in [1.807, 2.05) is 11.4 Å². The van der Waals surface area contributed by atoms with Crippen molar-refractivity contribution in [3.63, 3.8) is 0 Å². The summed E-state index contributed by atoms with van der Waals surface area (Å²) in [7, 11) is 1.73. The number of carbonyl (C=O) groups excluding carboxylic acids is 3. The molecule has 1 saturated heterocycles. The number of hydrogen-bond acceptors (Lipinski definition) is 8. The molecule has 1 aromatic heterocycles. The number of fused-ring (bicyclic) bond motifs is 1. The van der Waals surface area contributed by atoms with Gasteiger partial charge in [0.1, 0.15) is 10.7 Å².